The number of benzene rings is 2. The smallest absolute Gasteiger partial charge is 0.497 e. The van der Waals surface area contributed by atoms with Crippen molar-refractivity contribution in [2.45, 2.75) is 18.8 Å². The summed E-state index contributed by atoms with van der Waals surface area (Å²) in [5.41, 5.74) is 2.88. The summed E-state index contributed by atoms with van der Waals surface area (Å²) < 4.78 is 46.3. The number of nitrogens with one attached hydrogen (secondary N) is 1. The number of hydrogen-bond donors (Lipinski definition) is 1. The molecule has 0 fully saturated rings. The Kier molecular flexibility index (Phi) is 6.06. The molecule has 0 aliphatic carbocycles. The van der Waals surface area contributed by atoms with E-state index in [1.54, 1.807) is 18.4 Å². The summed E-state index contributed by atoms with van der Waals surface area (Å²) in [6.07, 6.45) is -3.85. The lowest BCUT2D eigenvalue weighted by atomic mass is 9.93. The highest BCUT2D eigenvalue weighted by Crippen LogP contribution is 2.38. The molecule has 162 valence electrons. The van der Waals surface area contributed by atoms with Crippen molar-refractivity contribution in [2.75, 3.05) is 19.0 Å². The van der Waals surface area contributed by atoms with Crippen LogP contribution in [0.4, 0.5) is 18.9 Å². The summed E-state index contributed by atoms with van der Waals surface area (Å²) >= 11 is 7.42. The number of halogens is 3. The first-order valence-corrected chi connectivity index (χ1v) is 10.8. The number of fused-ring (bicyclic) bond motifs is 1. The Bertz CT molecular complexity index is 1050. The highest BCUT2D eigenvalue weighted by atomic mass is 32.1. The highest BCUT2D eigenvalue weighted by Gasteiger charge is 2.32. The van der Waals surface area contributed by atoms with Crippen LogP contribution in [-0.4, -0.2) is 30.0 Å². The summed E-state index contributed by atoms with van der Waals surface area (Å²) in [6.45, 7) is 0.727. The molecular formula is C22H19F3N2O2S2. The van der Waals surface area contributed by atoms with Crippen molar-refractivity contribution in [1.82, 2.24) is 4.90 Å². The molecule has 0 saturated carbocycles. The van der Waals surface area contributed by atoms with Crippen molar-refractivity contribution in [2.24, 2.45) is 0 Å². The molecule has 1 N–H and O–H groups in total. The zero-order valence-electron chi connectivity index (χ0n) is 16.5. The summed E-state index contributed by atoms with van der Waals surface area (Å²) in [5, 5.41) is 5.73. The van der Waals surface area contributed by atoms with Crippen LogP contribution in [0.3, 0.4) is 0 Å². The van der Waals surface area contributed by atoms with E-state index in [9.17, 15) is 13.2 Å². The molecule has 0 spiro atoms. The van der Waals surface area contributed by atoms with Crippen LogP contribution in [0, 0.1) is 0 Å². The molecule has 0 amide bonds. The number of ether oxygens (including phenoxy) is 2. The Balaban J connectivity index is 1.56. The van der Waals surface area contributed by atoms with E-state index in [0.717, 1.165) is 24.3 Å². The van der Waals surface area contributed by atoms with Gasteiger partial charge in [-0.1, -0.05) is 12.1 Å². The fourth-order valence-corrected chi connectivity index (χ4v) is 4.83. The average Bonchev–Trinajstić information content (AvgIpc) is 3.22. The molecule has 1 atom stereocenters. The molecule has 4 rings (SSSR count). The van der Waals surface area contributed by atoms with Gasteiger partial charge in [-0.2, -0.15) is 0 Å². The molecule has 1 unspecified atom stereocenters. The van der Waals surface area contributed by atoms with E-state index in [0.29, 0.717) is 10.8 Å². The maximum absolute atomic E-state index is 12.4. The Labute approximate surface area is 187 Å². The number of anilines is 1. The Morgan fingerprint density at radius 3 is 2.39 bits per heavy atom. The van der Waals surface area contributed by atoms with E-state index >= 15 is 0 Å². The SMILES string of the molecule is COc1ccc(C2c3ccsc3CCN2C(=S)Nc2ccc(OC(F)(F)F)cc2)cc1. The summed E-state index contributed by atoms with van der Waals surface area (Å²) in [5.74, 6) is 0.500. The molecule has 0 saturated heterocycles. The van der Waals surface area contributed by atoms with Crippen LogP contribution in [0.5, 0.6) is 11.5 Å². The molecule has 31 heavy (non-hydrogen) atoms. The van der Waals surface area contributed by atoms with Gasteiger partial charge in [0.25, 0.3) is 0 Å². The number of methoxy groups -OCH3 is 1. The first-order chi connectivity index (χ1) is 14.8. The molecule has 0 radical (unpaired) electrons. The van der Waals surface area contributed by atoms with Gasteiger partial charge < -0.3 is 19.7 Å². The van der Waals surface area contributed by atoms with Crippen LogP contribution in [0.2, 0.25) is 0 Å². The minimum Gasteiger partial charge on any atom is -0.497 e. The van der Waals surface area contributed by atoms with Crippen molar-refractivity contribution in [3.05, 3.63) is 76.0 Å². The average molecular weight is 465 g/mol. The Morgan fingerprint density at radius 2 is 1.74 bits per heavy atom. The first-order valence-electron chi connectivity index (χ1n) is 9.48. The normalized spacial score (nSPS) is 15.9. The van der Waals surface area contributed by atoms with Crippen molar-refractivity contribution in [3.63, 3.8) is 0 Å². The minimum absolute atomic E-state index is 0.0613. The second-order valence-corrected chi connectivity index (χ2v) is 8.31. The maximum atomic E-state index is 12.4. The number of hydrogen-bond acceptors (Lipinski definition) is 4. The van der Waals surface area contributed by atoms with Gasteiger partial charge in [-0.15, -0.1) is 24.5 Å². The zero-order valence-corrected chi connectivity index (χ0v) is 18.1. The summed E-state index contributed by atoms with van der Waals surface area (Å²) in [7, 11) is 1.63. The van der Waals surface area contributed by atoms with Crippen LogP contribution < -0.4 is 14.8 Å². The van der Waals surface area contributed by atoms with Crippen LogP contribution >= 0.6 is 23.6 Å². The number of thiophene rings is 1. The van der Waals surface area contributed by atoms with Gasteiger partial charge in [0.15, 0.2) is 5.11 Å². The predicted molar refractivity (Wildman–Crippen MR) is 119 cm³/mol. The summed E-state index contributed by atoms with van der Waals surface area (Å²) in [6, 6.07) is 15.5. The molecule has 1 aliphatic rings. The zero-order chi connectivity index (χ0) is 22.0. The maximum Gasteiger partial charge on any atom is 0.573 e. The Hall–Kier alpha value is -2.78. The van der Waals surface area contributed by atoms with Crippen LogP contribution in [0.25, 0.3) is 0 Å². The van der Waals surface area contributed by atoms with Gasteiger partial charge in [-0.3, -0.25) is 0 Å². The summed E-state index contributed by atoms with van der Waals surface area (Å²) in [4.78, 5) is 3.43. The van der Waals surface area contributed by atoms with E-state index < -0.39 is 6.36 Å². The lowest BCUT2D eigenvalue weighted by molar-refractivity contribution is -0.274. The number of nitrogens with zero attached hydrogens (tertiary/aromatic N) is 1. The van der Waals surface area contributed by atoms with Crippen molar-refractivity contribution < 1.29 is 22.6 Å². The van der Waals surface area contributed by atoms with E-state index in [2.05, 4.69) is 26.4 Å². The van der Waals surface area contributed by atoms with Crippen molar-refractivity contribution >= 4 is 34.4 Å². The topological polar surface area (TPSA) is 33.7 Å². The van der Waals surface area contributed by atoms with E-state index in [1.807, 2.05) is 24.3 Å². The molecule has 1 aromatic heterocycles. The van der Waals surface area contributed by atoms with Crippen LogP contribution in [0.1, 0.15) is 22.0 Å². The number of alkyl halides is 3. The molecule has 3 aromatic rings. The Morgan fingerprint density at radius 1 is 1.06 bits per heavy atom. The third-order valence-corrected chi connectivity index (χ3v) is 6.33. The quantitative estimate of drug-likeness (QED) is 0.479. The predicted octanol–water partition coefficient (Wildman–Crippen LogP) is 6.00. The van der Waals surface area contributed by atoms with Crippen LogP contribution in [-0.2, 0) is 6.42 Å². The number of rotatable bonds is 4. The van der Waals surface area contributed by atoms with Gasteiger partial charge in [0, 0.05) is 17.1 Å². The lowest BCUT2D eigenvalue weighted by Gasteiger charge is -2.38. The standard InChI is InChI=1S/C22H19F3N2O2S2/c1-28-16-6-2-14(3-7-16)20-18-11-13-31-19(18)10-12-27(20)21(30)26-15-4-8-17(9-5-15)29-22(23,24)25/h2-9,11,13,20H,10,12H2,1H3,(H,26,30). The van der Waals surface area contributed by atoms with E-state index in [1.165, 1.54) is 34.7 Å². The second kappa shape index (κ2) is 8.76. The van der Waals surface area contributed by atoms with Crippen molar-refractivity contribution in [3.8, 4) is 11.5 Å². The van der Waals surface area contributed by atoms with E-state index in [-0.39, 0.29) is 11.8 Å². The second-order valence-electron chi connectivity index (χ2n) is 6.92. The molecule has 2 heterocycles. The van der Waals surface area contributed by atoms with Crippen molar-refractivity contribution in [1.29, 1.82) is 0 Å². The molecule has 4 nitrogen and oxygen atoms in total. The third-order valence-electron chi connectivity index (χ3n) is 5.00. The third kappa shape index (κ3) is 4.94. The lowest BCUT2D eigenvalue weighted by Crippen LogP contribution is -2.42. The largest absolute Gasteiger partial charge is 0.573 e. The molecule has 9 heteroatoms. The van der Waals surface area contributed by atoms with Gasteiger partial charge in [0.2, 0.25) is 0 Å². The van der Waals surface area contributed by atoms with Gasteiger partial charge in [-0.25, -0.2) is 0 Å². The molecular weight excluding hydrogens is 445 g/mol. The minimum atomic E-state index is -4.72. The molecule has 0 bridgehead atoms. The van der Waals surface area contributed by atoms with Gasteiger partial charge in [0.05, 0.1) is 13.2 Å². The van der Waals surface area contributed by atoms with Gasteiger partial charge in [0.1, 0.15) is 11.5 Å². The highest BCUT2D eigenvalue weighted by molar-refractivity contribution is 7.80. The fraction of sp³-hybridized carbons (Fsp3) is 0.227. The number of thiocarbonyl (C=S) groups is 1. The monoisotopic (exact) mass is 464 g/mol. The molecule has 2 aromatic carbocycles. The fourth-order valence-electron chi connectivity index (χ4n) is 3.62. The van der Waals surface area contributed by atoms with E-state index in [4.69, 9.17) is 17.0 Å². The van der Waals surface area contributed by atoms with Crippen LogP contribution in [0.15, 0.2) is 60.0 Å². The first kappa shape index (κ1) is 21.5. The van der Waals surface area contributed by atoms with Gasteiger partial charge >= 0.3 is 6.36 Å². The van der Waals surface area contributed by atoms with Gasteiger partial charge in [-0.05, 0) is 77.6 Å². The molecule has 1 aliphatic heterocycles.